The fourth-order valence-corrected chi connectivity index (χ4v) is 5.68. The van der Waals surface area contributed by atoms with E-state index in [1.54, 1.807) is 0 Å². The molecule has 2 atom stereocenters. The fraction of sp³-hybridized carbons (Fsp3) is 0.926. The minimum atomic E-state index is -0.784. The predicted molar refractivity (Wildman–Crippen MR) is 140 cm³/mol. The topological polar surface area (TPSA) is 107 Å². The van der Waals surface area contributed by atoms with Crippen molar-refractivity contribution in [3.05, 3.63) is 11.4 Å². The Kier molecular flexibility index (Phi) is 12.1. The van der Waals surface area contributed by atoms with E-state index in [1.807, 2.05) is 0 Å². The zero-order valence-corrected chi connectivity index (χ0v) is 22.1. The molecule has 9 heteroatoms. The first-order valence-corrected chi connectivity index (χ1v) is 14.6. The molecule has 4 aliphatic rings. The Bertz CT molecular complexity index is 646. The molecule has 5 N–H and O–H groups in total. The van der Waals surface area contributed by atoms with Gasteiger partial charge in [0.15, 0.2) is 0 Å². The summed E-state index contributed by atoms with van der Waals surface area (Å²) in [6, 6.07) is 0.378. The number of hydrogen-bond acceptors (Lipinski definition) is 9. The van der Waals surface area contributed by atoms with Crippen LogP contribution in [0.25, 0.3) is 0 Å². The first-order chi connectivity index (χ1) is 17.7. The molecule has 0 amide bonds. The van der Waals surface area contributed by atoms with Crippen molar-refractivity contribution in [2.45, 2.75) is 94.7 Å². The standard InChI is InChI=1S/C27H50N4O5/c32-26-24(25(27(26)33)30-21-9-12-28-13-10-21)29-11-3-1-2-4-17-35-22-5-7-23(8-6-22)36-20-16-31-14-18-34-19-15-31/h21-23,26-30,32-33H,1-20H2/t22?,23?,26-,27+/m0/s1. The summed E-state index contributed by atoms with van der Waals surface area (Å²) < 4.78 is 17.7. The van der Waals surface area contributed by atoms with Gasteiger partial charge in [-0.1, -0.05) is 12.8 Å². The summed E-state index contributed by atoms with van der Waals surface area (Å²) in [5.41, 5.74) is 1.57. The Morgan fingerprint density at radius 3 is 2.17 bits per heavy atom. The maximum atomic E-state index is 10.1. The van der Waals surface area contributed by atoms with Crippen molar-refractivity contribution in [1.29, 1.82) is 0 Å². The molecule has 2 aliphatic heterocycles. The van der Waals surface area contributed by atoms with Crippen molar-refractivity contribution >= 4 is 0 Å². The van der Waals surface area contributed by atoms with Crippen molar-refractivity contribution < 1.29 is 24.4 Å². The Morgan fingerprint density at radius 2 is 1.44 bits per heavy atom. The van der Waals surface area contributed by atoms with Crippen molar-refractivity contribution in [3.63, 3.8) is 0 Å². The van der Waals surface area contributed by atoms with Crippen LogP contribution in [-0.2, 0) is 14.2 Å². The van der Waals surface area contributed by atoms with Crippen LogP contribution in [0, 0.1) is 0 Å². The lowest BCUT2D eigenvalue weighted by Gasteiger charge is -2.39. The summed E-state index contributed by atoms with van der Waals surface area (Å²) in [6.07, 6.45) is 10.2. The first-order valence-electron chi connectivity index (χ1n) is 14.6. The molecule has 0 aromatic heterocycles. The van der Waals surface area contributed by atoms with Crippen LogP contribution in [0.15, 0.2) is 11.4 Å². The van der Waals surface area contributed by atoms with E-state index in [1.165, 1.54) is 0 Å². The number of nitrogens with one attached hydrogen (secondary N) is 3. The summed E-state index contributed by atoms with van der Waals surface area (Å²) in [5, 5.41) is 30.4. The molecular weight excluding hydrogens is 460 g/mol. The zero-order chi connectivity index (χ0) is 25.0. The van der Waals surface area contributed by atoms with E-state index < -0.39 is 12.2 Å². The van der Waals surface area contributed by atoms with Gasteiger partial charge in [0.2, 0.25) is 0 Å². The van der Waals surface area contributed by atoms with Crippen LogP contribution in [0.5, 0.6) is 0 Å². The highest BCUT2D eigenvalue weighted by molar-refractivity contribution is 5.33. The second-order valence-corrected chi connectivity index (χ2v) is 10.8. The van der Waals surface area contributed by atoms with Gasteiger partial charge in [-0.15, -0.1) is 0 Å². The van der Waals surface area contributed by atoms with E-state index in [0.717, 1.165) is 141 Å². The molecule has 9 nitrogen and oxygen atoms in total. The second-order valence-electron chi connectivity index (χ2n) is 10.8. The second kappa shape index (κ2) is 15.5. The average molecular weight is 511 g/mol. The largest absolute Gasteiger partial charge is 0.385 e. The summed E-state index contributed by atoms with van der Waals surface area (Å²) in [7, 11) is 0. The lowest BCUT2D eigenvalue weighted by Crippen LogP contribution is -2.54. The number of aliphatic hydroxyl groups excluding tert-OH is 2. The van der Waals surface area contributed by atoms with Gasteiger partial charge in [-0.05, 0) is 64.5 Å². The first kappa shape index (κ1) is 28.1. The Morgan fingerprint density at radius 1 is 0.806 bits per heavy atom. The number of morpholine rings is 1. The molecule has 208 valence electrons. The number of ether oxygens (including phenoxy) is 3. The third-order valence-electron chi connectivity index (χ3n) is 8.11. The van der Waals surface area contributed by atoms with Crippen molar-refractivity contribution in [3.8, 4) is 0 Å². The quantitative estimate of drug-likeness (QED) is 0.207. The van der Waals surface area contributed by atoms with Gasteiger partial charge in [-0.25, -0.2) is 0 Å². The maximum absolute atomic E-state index is 10.1. The molecule has 2 heterocycles. The molecule has 0 spiro atoms. The van der Waals surface area contributed by atoms with E-state index >= 15 is 0 Å². The Hall–Kier alpha value is -0.940. The lowest BCUT2D eigenvalue weighted by molar-refractivity contribution is -0.0417. The summed E-state index contributed by atoms with van der Waals surface area (Å²) >= 11 is 0. The zero-order valence-electron chi connectivity index (χ0n) is 22.1. The molecule has 2 saturated heterocycles. The van der Waals surface area contributed by atoms with Crippen molar-refractivity contribution in [2.24, 2.45) is 0 Å². The highest BCUT2D eigenvalue weighted by atomic mass is 16.5. The van der Waals surface area contributed by atoms with Gasteiger partial charge in [0.25, 0.3) is 0 Å². The molecule has 0 aromatic rings. The van der Waals surface area contributed by atoms with Gasteiger partial charge in [0.05, 0.1) is 43.4 Å². The number of hydrogen-bond donors (Lipinski definition) is 5. The monoisotopic (exact) mass is 510 g/mol. The molecule has 1 saturated carbocycles. The Balaban J connectivity index is 0.973. The van der Waals surface area contributed by atoms with E-state index in [2.05, 4.69) is 20.9 Å². The predicted octanol–water partition coefficient (Wildman–Crippen LogP) is 1.10. The van der Waals surface area contributed by atoms with Crippen LogP contribution in [0.3, 0.4) is 0 Å². The molecule has 0 unspecified atom stereocenters. The van der Waals surface area contributed by atoms with Crippen LogP contribution in [0.1, 0.15) is 64.2 Å². The molecule has 0 aromatic carbocycles. The van der Waals surface area contributed by atoms with E-state index in [0.29, 0.717) is 18.2 Å². The third-order valence-corrected chi connectivity index (χ3v) is 8.11. The lowest BCUT2D eigenvalue weighted by atomic mass is 9.91. The van der Waals surface area contributed by atoms with Crippen LogP contribution in [0.4, 0.5) is 0 Å². The van der Waals surface area contributed by atoms with Crippen LogP contribution < -0.4 is 16.0 Å². The fourth-order valence-electron chi connectivity index (χ4n) is 5.68. The SMILES string of the molecule is O[C@@H]1C(NC2CCNCC2)=C(NCCCCCCOC2CCC(OCCN3CCOCC3)CC2)[C@@H]1O. The van der Waals surface area contributed by atoms with Gasteiger partial charge in [-0.3, -0.25) is 4.90 Å². The van der Waals surface area contributed by atoms with Crippen LogP contribution in [-0.4, -0.2) is 111 Å². The number of nitrogens with zero attached hydrogens (tertiary/aromatic N) is 1. The van der Waals surface area contributed by atoms with Crippen molar-refractivity contribution in [1.82, 2.24) is 20.9 Å². The van der Waals surface area contributed by atoms with E-state index in [9.17, 15) is 10.2 Å². The molecule has 0 radical (unpaired) electrons. The molecule has 36 heavy (non-hydrogen) atoms. The van der Waals surface area contributed by atoms with Gasteiger partial charge < -0.3 is 40.4 Å². The third kappa shape index (κ3) is 8.82. The number of rotatable bonds is 15. The van der Waals surface area contributed by atoms with Crippen LogP contribution in [0.2, 0.25) is 0 Å². The average Bonchev–Trinajstić information content (AvgIpc) is 2.93. The van der Waals surface area contributed by atoms with Crippen molar-refractivity contribution in [2.75, 3.05) is 65.7 Å². The summed E-state index contributed by atoms with van der Waals surface area (Å²) in [5.74, 6) is 0. The van der Waals surface area contributed by atoms with Gasteiger partial charge in [0.1, 0.15) is 12.2 Å². The molecular formula is C27H50N4O5. The molecule has 0 bridgehead atoms. The van der Waals surface area contributed by atoms with E-state index in [4.69, 9.17) is 14.2 Å². The molecule has 3 fully saturated rings. The highest BCUT2D eigenvalue weighted by Crippen LogP contribution is 2.27. The molecule has 2 aliphatic carbocycles. The Labute approximate surface area is 217 Å². The number of aliphatic hydroxyl groups is 2. The highest BCUT2D eigenvalue weighted by Gasteiger charge is 2.39. The van der Waals surface area contributed by atoms with Gasteiger partial charge >= 0.3 is 0 Å². The van der Waals surface area contributed by atoms with Crippen LogP contribution >= 0.6 is 0 Å². The molecule has 4 rings (SSSR count). The number of piperidine rings is 1. The summed E-state index contributed by atoms with van der Waals surface area (Å²) in [6.45, 7) is 9.29. The number of unbranched alkanes of at least 4 members (excludes halogenated alkanes) is 3. The maximum Gasteiger partial charge on any atom is 0.127 e. The van der Waals surface area contributed by atoms with Gasteiger partial charge in [-0.2, -0.15) is 0 Å². The van der Waals surface area contributed by atoms with Gasteiger partial charge in [0, 0.05) is 38.8 Å². The van der Waals surface area contributed by atoms with E-state index in [-0.39, 0.29) is 0 Å². The normalized spacial score (nSPS) is 30.3. The minimum Gasteiger partial charge on any atom is -0.385 e. The smallest absolute Gasteiger partial charge is 0.127 e. The summed E-state index contributed by atoms with van der Waals surface area (Å²) in [4.78, 5) is 2.43. The minimum absolute atomic E-state index is 0.378.